The molecule has 1 fully saturated rings. The zero-order chi connectivity index (χ0) is 30.3. The Hall–Kier alpha value is -2.81. The van der Waals surface area contributed by atoms with E-state index in [9.17, 15) is 18.3 Å². The Morgan fingerprint density at radius 3 is 2.62 bits per heavy atom. The molecule has 0 aromatic heterocycles. The van der Waals surface area contributed by atoms with Gasteiger partial charge in [-0.15, -0.1) is 13.2 Å². The molecule has 1 aliphatic heterocycles. The summed E-state index contributed by atoms with van der Waals surface area (Å²) in [6, 6.07) is 11.0. The molecular formula is C33H43ClN2O5S. The molecule has 2 aliphatic rings. The van der Waals surface area contributed by atoms with Crippen LogP contribution >= 0.6 is 11.6 Å². The first-order valence-corrected chi connectivity index (χ1v) is 16.8. The average molecular weight is 615 g/mol. The number of aryl methyl sites for hydroxylation is 1. The van der Waals surface area contributed by atoms with Crippen molar-refractivity contribution >= 4 is 33.2 Å². The molecule has 0 unspecified atom stereocenters. The normalized spacial score (nSPS) is 20.4. The predicted molar refractivity (Wildman–Crippen MR) is 170 cm³/mol. The highest BCUT2D eigenvalue weighted by Gasteiger charge is 2.37. The van der Waals surface area contributed by atoms with Crippen molar-refractivity contribution in [2.45, 2.75) is 76.3 Å². The molecule has 1 saturated carbocycles. The lowest BCUT2D eigenvalue weighted by atomic mass is 9.69. The van der Waals surface area contributed by atoms with Crippen LogP contribution in [0.1, 0.15) is 73.4 Å². The van der Waals surface area contributed by atoms with Crippen molar-refractivity contribution in [1.82, 2.24) is 4.72 Å². The van der Waals surface area contributed by atoms with Gasteiger partial charge in [-0.3, -0.25) is 4.79 Å². The van der Waals surface area contributed by atoms with Crippen LogP contribution in [0.5, 0.6) is 5.75 Å². The summed E-state index contributed by atoms with van der Waals surface area (Å²) >= 11 is 6.30. The zero-order valence-electron chi connectivity index (χ0n) is 24.4. The Morgan fingerprint density at radius 2 is 1.93 bits per heavy atom. The Morgan fingerprint density at radius 1 is 1.14 bits per heavy atom. The molecule has 1 amide bonds. The SMILES string of the molecule is C=CC[C@@H](CC)S(=O)(=O)NC(=O)c1ccc2c(c1)N(C[C@@H]1CC[C@H]1[C@@H](O)CC=C)CCCCc1cc(Cl)ccc1CO2. The Bertz CT molecular complexity index is 1380. The molecule has 2 aromatic carbocycles. The lowest BCUT2D eigenvalue weighted by molar-refractivity contribution is 0.0181. The smallest absolute Gasteiger partial charge is 0.264 e. The molecule has 1 aliphatic carbocycles. The van der Waals surface area contributed by atoms with Gasteiger partial charge in [-0.05, 0) is 105 Å². The third-order valence-corrected chi connectivity index (χ3v) is 10.7. The average Bonchev–Trinajstić information content (AvgIpc) is 2.96. The number of hydrogen-bond acceptors (Lipinski definition) is 6. The molecule has 0 radical (unpaired) electrons. The minimum Gasteiger partial charge on any atom is -0.487 e. The molecule has 0 saturated heterocycles. The van der Waals surface area contributed by atoms with Crippen LogP contribution in [-0.2, 0) is 23.1 Å². The van der Waals surface area contributed by atoms with Crippen LogP contribution in [0, 0.1) is 11.8 Å². The molecule has 42 heavy (non-hydrogen) atoms. The van der Waals surface area contributed by atoms with Crippen LogP contribution in [0.25, 0.3) is 0 Å². The maximum absolute atomic E-state index is 13.3. The van der Waals surface area contributed by atoms with Gasteiger partial charge in [0.25, 0.3) is 5.91 Å². The molecular weight excluding hydrogens is 572 g/mol. The number of hydrogen-bond donors (Lipinski definition) is 2. The van der Waals surface area contributed by atoms with Crippen molar-refractivity contribution in [2.24, 2.45) is 11.8 Å². The van der Waals surface area contributed by atoms with Gasteiger partial charge in [-0.25, -0.2) is 13.1 Å². The second-order valence-corrected chi connectivity index (χ2v) is 13.8. The maximum Gasteiger partial charge on any atom is 0.264 e. The van der Waals surface area contributed by atoms with Gasteiger partial charge in [-0.2, -0.15) is 0 Å². The molecule has 228 valence electrons. The quantitative estimate of drug-likeness (QED) is 0.283. The summed E-state index contributed by atoms with van der Waals surface area (Å²) in [6.07, 6.45) is 8.79. The molecule has 4 rings (SSSR count). The standard InChI is InChI=1S/C33H43ClN2O5S/c1-4-9-28(6-3)42(39,40)35-33(38)24-14-17-32-30(20-24)36(21-25-13-16-29(25)31(37)10-5-2)18-8-7-11-23-19-27(34)15-12-26(23)22-41-32/h4-5,12,14-15,17,19-20,25,28-29,31,37H,1-2,6-11,13,16,18,21-22H2,3H3,(H,35,38)/t25-,28+,29+,31-/m0/s1. The first-order chi connectivity index (χ1) is 20.2. The number of allylic oxidation sites excluding steroid dienone is 1. The van der Waals surface area contributed by atoms with Gasteiger partial charge in [0.2, 0.25) is 10.0 Å². The fourth-order valence-electron chi connectivity index (χ4n) is 6.01. The van der Waals surface area contributed by atoms with E-state index in [1.807, 2.05) is 18.2 Å². The summed E-state index contributed by atoms with van der Waals surface area (Å²) in [5.74, 6) is 0.427. The minimum atomic E-state index is -3.88. The minimum absolute atomic E-state index is 0.185. The summed E-state index contributed by atoms with van der Waals surface area (Å²) in [4.78, 5) is 15.5. The van der Waals surface area contributed by atoms with Gasteiger partial charge >= 0.3 is 0 Å². The predicted octanol–water partition coefficient (Wildman–Crippen LogP) is 6.44. The van der Waals surface area contributed by atoms with E-state index in [-0.39, 0.29) is 23.8 Å². The van der Waals surface area contributed by atoms with Crippen LogP contribution in [0.15, 0.2) is 61.7 Å². The van der Waals surface area contributed by atoms with Crippen molar-refractivity contribution in [3.05, 3.63) is 83.4 Å². The summed E-state index contributed by atoms with van der Waals surface area (Å²) in [7, 11) is -3.88. The highest BCUT2D eigenvalue weighted by atomic mass is 35.5. The number of nitrogens with one attached hydrogen (secondary N) is 1. The fraction of sp³-hybridized carbons (Fsp3) is 0.485. The van der Waals surface area contributed by atoms with Crippen LogP contribution in [-0.4, -0.2) is 43.9 Å². The second-order valence-electron chi connectivity index (χ2n) is 11.4. The highest BCUT2D eigenvalue weighted by molar-refractivity contribution is 7.90. The van der Waals surface area contributed by atoms with Crippen molar-refractivity contribution in [2.75, 3.05) is 18.0 Å². The van der Waals surface area contributed by atoms with Crippen molar-refractivity contribution in [3.63, 3.8) is 0 Å². The van der Waals surface area contributed by atoms with Crippen LogP contribution in [0.2, 0.25) is 5.02 Å². The lowest BCUT2D eigenvalue weighted by Crippen LogP contribution is -2.43. The highest BCUT2D eigenvalue weighted by Crippen LogP contribution is 2.41. The molecule has 0 bridgehead atoms. The third kappa shape index (κ3) is 7.77. The van der Waals surface area contributed by atoms with E-state index in [4.69, 9.17) is 16.3 Å². The van der Waals surface area contributed by atoms with Gasteiger partial charge in [0.15, 0.2) is 0 Å². The van der Waals surface area contributed by atoms with Crippen molar-refractivity contribution < 1.29 is 23.1 Å². The molecule has 7 nitrogen and oxygen atoms in total. The molecule has 1 heterocycles. The number of carbonyl (C=O) groups is 1. The number of ether oxygens (including phenoxy) is 1. The number of amides is 1. The summed E-state index contributed by atoms with van der Waals surface area (Å²) in [5.41, 5.74) is 3.22. The topological polar surface area (TPSA) is 95.9 Å². The first kappa shape index (κ1) is 32.1. The van der Waals surface area contributed by atoms with Gasteiger partial charge in [-0.1, -0.05) is 36.7 Å². The van der Waals surface area contributed by atoms with Crippen LogP contribution in [0.4, 0.5) is 5.69 Å². The molecule has 2 aromatic rings. The number of aliphatic hydroxyl groups is 1. The first-order valence-electron chi connectivity index (χ1n) is 14.9. The molecule has 4 atom stereocenters. The molecule has 0 spiro atoms. The monoisotopic (exact) mass is 614 g/mol. The van der Waals surface area contributed by atoms with E-state index in [1.165, 1.54) is 0 Å². The maximum atomic E-state index is 13.3. The Kier molecular flexibility index (Phi) is 11.1. The molecule has 2 N–H and O–H groups in total. The van der Waals surface area contributed by atoms with Crippen molar-refractivity contribution in [3.8, 4) is 5.75 Å². The Labute approximate surface area is 255 Å². The van der Waals surface area contributed by atoms with E-state index >= 15 is 0 Å². The number of fused-ring (bicyclic) bond motifs is 2. The fourth-order valence-corrected chi connectivity index (χ4v) is 7.57. The van der Waals surface area contributed by atoms with Gasteiger partial charge in [0, 0.05) is 23.7 Å². The number of aliphatic hydroxyl groups excluding tert-OH is 1. The van der Waals surface area contributed by atoms with Gasteiger partial charge < -0.3 is 14.7 Å². The van der Waals surface area contributed by atoms with E-state index in [1.54, 1.807) is 37.3 Å². The van der Waals surface area contributed by atoms with Gasteiger partial charge in [0.05, 0.1) is 17.0 Å². The largest absolute Gasteiger partial charge is 0.487 e. The zero-order valence-corrected chi connectivity index (χ0v) is 26.0. The number of halogens is 1. The lowest BCUT2D eigenvalue weighted by Gasteiger charge is -2.43. The number of rotatable bonds is 11. The number of benzene rings is 2. The van der Waals surface area contributed by atoms with E-state index < -0.39 is 27.3 Å². The van der Waals surface area contributed by atoms with Gasteiger partial charge in [0.1, 0.15) is 12.4 Å². The second kappa shape index (κ2) is 14.6. The van der Waals surface area contributed by atoms with Crippen molar-refractivity contribution in [1.29, 1.82) is 0 Å². The summed E-state index contributed by atoms with van der Waals surface area (Å²) < 4.78 is 34.5. The summed E-state index contributed by atoms with van der Waals surface area (Å²) in [6.45, 7) is 11.0. The van der Waals surface area contributed by atoms with Crippen LogP contribution < -0.4 is 14.4 Å². The summed E-state index contributed by atoms with van der Waals surface area (Å²) in [5, 5.41) is 10.7. The number of carbonyl (C=O) groups excluding carboxylic acids is 1. The van der Waals surface area contributed by atoms with E-state index in [0.29, 0.717) is 36.8 Å². The third-order valence-electron chi connectivity index (χ3n) is 8.63. The van der Waals surface area contributed by atoms with E-state index in [0.717, 1.165) is 55.5 Å². The Balaban J connectivity index is 1.66. The number of anilines is 1. The molecule has 9 heteroatoms. The number of sulfonamides is 1. The van der Waals surface area contributed by atoms with E-state index in [2.05, 4.69) is 22.8 Å². The van der Waals surface area contributed by atoms with Crippen LogP contribution in [0.3, 0.4) is 0 Å². The number of nitrogens with zero attached hydrogens (tertiary/aromatic N) is 1.